The standard InChI is InChI=1S/C11H13F/c1-8(2)9(3)10-6-4-5-7-11(10)12/h4-7H,1-3H3. The summed E-state index contributed by atoms with van der Waals surface area (Å²) in [5.41, 5.74) is 2.88. The van der Waals surface area contributed by atoms with Gasteiger partial charge in [0.15, 0.2) is 0 Å². The highest BCUT2D eigenvalue weighted by Gasteiger charge is 2.02. The Morgan fingerprint density at radius 3 is 2.17 bits per heavy atom. The number of hydrogen-bond acceptors (Lipinski definition) is 0. The van der Waals surface area contributed by atoms with Crippen LogP contribution in [0.2, 0.25) is 0 Å². The molecule has 64 valence electrons. The van der Waals surface area contributed by atoms with Crippen molar-refractivity contribution in [2.24, 2.45) is 0 Å². The smallest absolute Gasteiger partial charge is 0.130 e. The van der Waals surface area contributed by atoms with Gasteiger partial charge in [0, 0.05) is 5.56 Å². The van der Waals surface area contributed by atoms with Crippen molar-refractivity contribution in [2.75, 3.05) is 0 Å². The van der Waals surface area contributed by atoms with E-state index in [1.54, 1.807) is 12.1 Å². The summed E-state index contributed by atoms with van der Waals surface area (Å²) in [4.78, 5) is 0. The number of allylic oxidation sites excluding steroid dienone is 2. The van der Waals surface area contributed by atoms with E-state index in [0.29, 0.717) is 5.56 Å². The van der Waals surface area contributed by atoms with Crippen LogP contribution in [0.25, 0.3) is 5.57 Å². The summed E-state index contributed by atoms with van der Waals surface area (Å²) in [6.45, 7) is 5.91. The van der Waals surface area contributed by atoms with E-state index in [9.17, 15) is 4.39 Å². The van der Waals surface area contributed by atoms with Gasteiger partial charge in [0.2, 0.25) is 0 Å². The maximum absolute atomic E-state index is 13.2. The van der Waals surface area contributed by atoms with Gasteiger partial charge in [-0.2, -0.15) is 0 Å². The molecule has 0 nitrogen and oxygen atoms in total. The highest BCUT2D eigenvalue weighted by Crippen LogP contribution is 2.20. The van der Waals surface area contributed by atoms with E-state index >= 15 is 0 Å². The third-order valence-corrected chi connectivity index (χ3v) is 2.03. The van der Waals surface area contributed by atoms with Crippen LogP contribution in [-0.4, -0.2) is 0 Å². The fourth-order valence-corrected chi connectivity index (χ4v) is 1.03. The minimum atomic E-state index is -0.142. The number of hydrogen-bond donors (Lipinski definition) is 0. The van der Waals surface area contributed by atoms with E-state index in [1.807, 2.05) is 26.8 Å². The van der Waals surface area contributed by atoms with Crippen molar-refractivity contribution >= 4 is 5.57 Å². The van der Waals surface area contributed by atoms with E-state index < -0.39 is 0 Å². The lowest BCUT2D eigenvalue weighted by Crippen LogP contribution is -1.87. The Balaban J connectivity index is 3.21. The van der Waals surface area contributed by atoms with Crippen LogP contribution in [0.1, 0.15) is 26.3 Å². The summed E-state index contributed by atoms with van der Waals surface area (Å²) < 4.78 is 13.2. The zero-order valence-corrected chi connectivity index (χ0v) is 7.69. The van der Waals surface area contributed by atoms with E-state index in [2.05, 4.69) is 0 Å². The van der Waals surface area contributed by atoms with E-state index in [0.717, 1.165) is 11.1 Å². The molecule has 1 rings (SSSR count). The number of benzene rings is 1. The fourth-order valence-electron chi connectivity index (χ4n) is 1.03. The van der Waals surface area contributed by atoms with Crippen molar-refractivity contribution < 1.29 is 4.39 Å². The second-order valence-corrected chi connectivity index (χ2v) is 3.10. The molecule has 0 bridgehead atoms. The lowest BCUT2D eigenvalue weighted by molar-refractivity contribution is 0.623. The maximum Gasteiger partial charge on any atom is 0.130 e. The Kier molecular flexibility index (Phi) is 2.64. The predicted molar refractivity (Wildman–Crippen MR) is 50.3 cm³/mol. The molecule has 0 aliphatic carbocycles. The van der Waals surface area contributed by atoms with Crippen LogP contribution in [0.15, 0.2) is 29.8 Å². The molecule has 0 saturated carbocycles. The number of rotatable bonds is 1. The van der Waals surface area contributed by atoms with Gasteiger partial charge >= 0.3 is 0 Å². The first-order chi connectivity index (χ1) is 5.63. The Labute approximate surface area is 72.7 Å². The molecule has 0 aliphatic rings. The summed E-state index contributed by atoms with van der Waals surface area (Å²) in [6, 6.07) is 6.85. The zero-order chi connectivity index (χ0) is 9.14. The summed E-state index contributed by atoms with van der Waals surface area (Å²) in [5, 5.41) is 0. The van der Waals surface area contributed by atoms with Crippen molar-refractivity contribution in [2.45, 2.75) is 20.8 Å². The molecule has 0 heterocycles. The summed E-state index contributed by atoms with van der Waals surface area (Å²) in [7, 11) is 0. The largest absolute Gasteiger partial charge is 0.206 e. The molecule has 0 unspecified atom stereocenters. The molecule has 12 heavy (non-hydrogen) atoms. The highest BCUT2D eigenvalue weighted by atomic mass is 19.1. The lowest BCUT2D eigenvalue weighted by atomic mass is 10.0. The van der Waals surface area contributed by atoms with Crippen molar-refractivity contribution in [3.63, 3.8) is 0 Å². The maximum atomic E-state index is 13.2. The van der Waals surface area contributed by atoms with Gasteiger partial charge in [-0.3, -0.25) is 0 Å². The molecule has 0 radical (unpaired) electrons. The summed E-state index contributed by atoms with van der Waals surface area (Å²) in [5.74, 6) is -0.142. The van der Waals surface area contributed by atoms with Crippen LogP contribution in [-0.2, 0) is 0 Å². The first kappa shape index (κ1) is 8.98. The van der Waals surface area contributed by atoms with Gasteiger partial charge in [0.25, 0.3) is 0 Å². The molecular weight excluding hydrogens is 151 g/mol. The first-order valence-corrected chi connectivity index (χ1v) is 4.02. The van der Waals surface area contributed by atoms with E-state index in [-0.39, 0.29) is 5.82 Å². The van der Waals surface area contributed by atoms with Crippen LogP contribution in [0, 0.1) is 5.82 Å². The van der Waals surface area contributed by atoms with Crippen LogP contribution in [0.4, 0.5) is 4.39 Å². The fraction of sp³-hybridized carbons (Fsp3) is 0.273. The van der Waals surface area contributed by atoms with E-state index in [4.69, 9.17) is 0 Å². The first-order valence-electron chi connectivity index (χ1n) is 4.02. The third-order valence-electron chi connectivity index (χ3n) is 2.03. The molecule has 0 saturated heterocycles. The minimum Gasteiger partial charge on any atom is -0.206 e. The topological polar surface area (TPSA) is 0 Å². The molecular formula is C11H13F. The predicted octanol–water partition coefficient (Wildman–Crippen LogP) is 3.64. The molecule has 0 N–H and O–H groups in total. The normalized spacial score (nSPS) is 9.67. The Morgan fingerprint density at radius 1 is 1.08 bits per heavy atom. The van der Waals surface area contributed by atoms with Gasteiger partial charge < -0.3 is 0 Å². The average Bonchev–Trinajstić information content (AvgIpc) is 2.04. The van der Waals surface area contributed by atoms with Gasteiger partial charge in [-0.1, -0.05) is 23.8 Å². The Bertz CT molecular complexity index is 307. The molecule has 0 amide bonds. The third kappa shape index (κ3) is 1.73. The van der Waals surface area contributed by atoms with Crippen molar-refractivity contribution in [1.29, 1.82) is 0 Å². The van der Waals surface area contributed by atoms with Gasteiger partial charge in [0.1, 0.15) is 5.82 Å². The quantitative estimate of drug-likeness (QED) is 0.594. The van der Waals surface area contributed by atoms with Crippen LogP contribution >= 0.6 is 0 Å². The van der Waals surface area contributed by atoms with Gasteiger partial charge in [-0.25, -0.2) is 4.39 Å². The molecule has 1 aromatic rings. The average molecular weight is 164 g/mol. The van der Waals surface area contributed by atoms with Crippen LogP contribution in [0.3, 0.4) is 0 Å². The van der Waals surface area contributed by atoms with Crippen LogP contribution in [0.5, 0.6) is 0 Å². The van der Waals surface area contributed by atoms with Gasteiger partial charge in [-0.15, -0.1) is 0 Å². The summed E-state index contributed by atoms with van der Waals surface area (Å²) in [6.07, 6.45) is 0. The molecule has 1 aromatic carbocycles. The molecule has 0 fully saturated rings. The van der Waals surface area contributed by atoms with E-state index in [1.165, 1.54) is 6.07 Å². The second-order valence-electron chi connectivity index (χ2n) is 3.10. The SMILES string of the molecule is CC(C)=C(C)c1ccccc1F. The molecule has 0 atom stereocenters. The summed E-state index contributed by atoms with van der Waals surface area (Å²) >= 11 is 0. The Hall–Kier alpha value is -1.11. The molecule has 0 spiro atoms. The van der Waals surface area contributed by atoms with Gasteiger partial charge in [-0.05, 0) is 32.4 Å². The molecule has 0 aliphatic heterocycles. The van der Waals surface area contributed by atoms with Crippen molar-refractivity contribution in [1.82, 2.24) is 0 Å². The zero-order valence-electron chi connectivity index (χ0n) is 7.69. The van der Waals surface area contributed by atoms with Crippen molar-refractivity contribution in [3.05, 3.63) is 41.2 Å². The highest BCUT2D eigenvalue weighted by molar-refractivity contribution is 5.66. The van der Waals surface area contributed by atoms with Crippen LogP contribution < -0.4 is 0 Å². The second kappa shape index (κ2) is 3.53. The molecule has 1 heteroatoms. The van der Waals surface area contributed by atoms with Crippen molar-refractivity contribution in [3.8, 4) is 0 Å². The van der Waals surface area contributed by atoms with Gasteiger partial charge in [0.05, 0.1) is 0 Å². The monoisotopic (exact) mass is 164 g/mol. The lowest BCUT2D eigenvalue weighted by Gasteiger charge is -2.04. The number of halogens is 1. The minimum absolute atomic E-state index is 0.142. The molecule has 0 aromatic heterocycles. The Morgan fingerprint density at radius 2 is 1.67 bits per heavy atom.